The molecule has 0 fully saturated rings. The molecule has 1 unspecified atom stereocenters. The molecule has 22 heavy (non-hydrogen) atoms. The number of aliphatic hydroxyl groups is 2. The monoisotopic (exact) mass is 299 g/mol. The number of fused-ring (bicyclic) bond motifs is 3. The summed E-state index contributed by atoms with van der Waals surface area (Å²) in [4.78, 5) is 0. The average molecular weight is 299 g/mol. The average Bonchev–Trinajstić information content (AvgIpc) is 2.87. The Morgan fingerprint density at radius 2 is 1.55 bits per heavy atom. The van der Waals surface area contributed by atoms with Gasteiger partial charge in [-0.3, -0.25) is 0 Å². The van der Waals surface area contributed by atoms with Crippen LogP contribution in [0.25, 0.3) is 21.8 Å². The van der Waals surface area contributed by atoms with E-state index in [4.69, 9.17) is 5.11 Å². The van der Waals surface area contributed by atoms with E-state index >= 15 is 0 Å². The molecule has 1 atom stereocenters. The highest BCUT2D eigenvalue weighted by Gasteiger charge is 2.13. The van der Waals surface area contributed by atoms with Crippen LogP contribution in [0.2, 0.25) is 0 Å². The molecule has 4 N–H and O–H groups in total. The summed E-state index contributed by atoms with van der Waals surface area (Å²) in [6, 6.07) is 16.7. The van der Waals surface area contributed by atoms with Gasteiger partial charge in [0.15, 0.2) is 0 Å². The number of para-hydroxylation sites is 2. The molecule has 0 aliphatic rings. The van der Waals surface area contributed by atoms with Gasteiger partial charge in [-0.25, -0.2) is 0 Å². The molecule has 0 saturated heterocycles. The molecule has 3 rings (SSSR count). The molecule has 0 amide bonds. The van der Waals surface area contributed by atoms with Gasteiger partial charge >= 0.3 is 0 Å². The molecule has 4 nitrogen and oxygen atoms in total. The van der Waals surface area contributed by atoms with Gasteiger partial charge in [0, 0.05) is 34.8 Å². The largest absolute Gasteiger partial charge is 0.396 e. The third kappa shape index (κ3) is 2.99. The first kappa shape index (κ1) is 15.0. The number of nitrogens with zero attached hydrogens (tertiary/aromatic N) is 1. The van der Waals surface area contributed by atoms with Gasteiger partial charge in [0.25, 0.3) is 0 Å². The van der Waals surface area contributed by atoms with Gasteiger partial charge in [-0.05, 0) is 12.1 Å². The number of benzene rings is 2. The first-order chi connectivity index (χ1) is 10.8. The quantitative estimate of drug-likeness (QED) is 0.572. The van der Waals surface area contributed by atoms with E-state index in [1.54, 1.807) is 0 Å². The van der Waals surface area contributed by atoms with Crippen LogP contribution in [0, 0.1) is 0 Å². The molecular formula is C18H23N2O2+. The lowest BCUT2D eigenvalue weighted by Gasteiger charge is -2.13. The van der Waals surface area contributed by atoms with Gasteiger partial charge in [-0.2, -0.15) is 0 Å². The van der Waals surface area contributed by atoms with Gasteiger partial charge in [0.2, 0.25) is 0 Å². The predicted octanol–water partition coefficient (Wildman–Crippen LogP) is 1.10. The number of aromatic nitrogens is 1. The van der Waals surface area contributed by atoms with Crippen molar-refractivity contribution in [3.8, 4) is 0 Å². The van der Waals surface area contributed by atoms with E-state index in [9.17, 15) is 5.11 Å². The normalized spacial score (nSPS) is 13.0. The number of aliphatic hydroxyl groups excluding tert-OH is 2. The number of rotatable bonds is 7. The zero-order valence-corrected chi connectivity index (χ0v) is 12.7. The Hall–Kier alpha value is -1.88. The highest BCUT2D eigenvalue weighted by molar-refractivity contribution is 6.07. The summed E-state index contributed by atoms with van der Waals surface area (Å²) in [6.45, 7) is 2.30. The van der Waals surface area contributed by atoms with Crippen LogP contribution in [-0.2, 0) is 6.54 Å². The summed E-state index contributed by atoms with van der Waals surface area (Å²) < 4.78 is 2.20. The van der Waals surface area contributed by atoms with E-state index in [1.807, 2.05) is 12.1 Å². The van der Waals surface area contributed by atoms with Gasteiger partial charge in [0.05, 0.1) is 13.1 Å². The SMILES string of the molecule is OCCC[NH2+]CC(O)Cn1c2ccccc2c2ccccc21. The number of nitrogens with two attached hydrogens (primary N) is 1. The Morgan fingerprint density at radius 1 is 0.955 bits per heavy atom. The fourth-order valence-electron chi connectivity index (χ4n) is 3.03. The second-order valence-corrected chi connectivity index (χ2v) is 5.69. The molecule has 116 valence electrons. The van der Waals surface area contributed by atoms with Gasteiger partial charge in [-0.1, -0.05) is 36.4 Å². The summed E-state index contributed by atoms with van der Waals surface area (Å²) in [7, 11) is 0. The molecule has 0 spiro atoms. The molecular weight excluding hydrogens is 276 g/mol. The molecule has 3 aromatic rings. The molecule has 0 bridgehead atoms. The predicted molar refractivity (Wildman–Crippen MR) is 88.8 cm³/mol. The lowest BCUT2D eigenvalue weighted by molar-refractivity contribution is -0.661. The smallest absolute Gasteiger partial charge is 0.121 e. The highest BCUT2D eigenvalue weighted by Crippen LogP contribution is 2.28. The first-order valence-corrected chi connectivity index (χ1v) is 7.88. The minimum Gasteiger partial charge on any atom is -0.396 e. The maximum atomic E-state index is 10.3. The van der Waals surface area contributed by atoms with Crippen molar-refractivity contribution in [2.45, 2.75) is 19.1 Å². The van der Waals surface area contributed by atoms with Crippen LogP contribution >= 0.6 is 0 Å². The van der Waals surface area contributed by atoms with Crippen LogP contribution in [0.5, 0.6) is 0 Å². The zero-order valence-electron chi connectivity index (χ0n) is 12.7. The zero-order chi connectivity index (χ0) is 15.4. The molecule has 1 heterocycles. The highest BCUT2D eigenvalue weighted by atomic mass is 16.3. The Bertz CT molecular complexity index is 698. The Kier molecular flexibility index (Phi) is 4.73. The van der Waals surface area contributed by atoms with E-state index in [0.29, 0.717) is 13.1 Å². The Balaban J connectivity index is 1.85. The Labute approximate surface area is 130 Å². The van der Waals surface area contributed by atoms with Crippen LogP contribution in [-0.4, -0.2) is 40.6 Å². The van der Waals surface area contributed by atoms with Gasteiger partial charge in [-0.15, -0.1) is 0 Å². The maximum Gasteiger partial charge on any atom is 0.121 e. The fourth-order valence-corrected chi connectivity index (χ4v) is 3.03. The standard InChI is InChI=1S/C18H22N2O2/c21-11-5-10-19-12-14(22)13-20-17-8-3-1-6-15(17)16-7-2-4-9-18(16)20/h1-4,6-9,14,19,21-22H,5,10-13H2/p+1. The summed E-state index contributed by atoms with van der Waals surface area (Å²) in [5.41, 5.74) is 2.33. The first-order valence-electron chi connectivity index (χ1n) is 7.88. The van der Waals surface area contributed by atoms with E-state index in [-0.39, 0.29) is 6.61 Å². The van der Waals surface area contributed by atoms with Crippen molar-refractivity contribution in [1.29, 1.82) is 0 Å². The molecule has 0 radical (unpaired) electrons. The Morgan fingerprint density at radius 3 is 2.14 bits per heavy atom. The van der Waals surface area contributed by atoms with Crippen LogP contribution in [0.4, 0.5) is 0 Å². The van der Waals surface area contributed by atoms with Gasteiger partial charge in [0.1, 0.15) is 12.6 Å². The van der Waals surface area contributed by atoms with Crippen molar-refractivity contribution < 1.29 is 15.5 Å². The van der Waals surface area contributed by atoms with Crippen molar-refractivity contribution >= 4 is 21.8 Å². The van der Waals surface area contributed by atoms with Crippen LogP contribution in [0.3, 0.4) is 0 Å². The van der Waals surface area contributed by atoms with E-state index < -0.39 is 6.10 Å². The van der Waals surface area contributed by atoms with Crippen LogP contribution in [0.1, 0.15) is 6.42 Å². The summed E-state index contributed by atoms with van der Waals surface area (Å²) in [6.07, 6.45) is 0.361. The van der Waals surface area contributed by atoms with Crippen LogP contribution < -0.4 is 5.32 Å². The number of quaternary nitrogens is 1. The van der Waals surface area contributed by atoms with Crippen LogP contribution in [0.15, 0.2) is 48.5 Å². The molecule has 0 aliphatic heterocycles. The fraction of sp³-hybridized carbons (Fsp3) is 0.333. The third-order valence-corrected chi connectivity index (χ3v) is 4.08. The lowest BCUT2D eigenvalue weighted by Crippen LogP contribution is -2.86. The molecule has 2 aromatic carbocycles. The molecule has 0 saturated carbocycles. The van der Waals surface area contributed by atoms with Crippen molar-refractivity contribution in [3.05, 3.63) is 48.5 Å². The minimum absolute atomic E-state index is 0.208. The van der Waals surface area contributed by atoms with E-state index in [0.717, 1.165) is 24.0 Å². The van der Waals surface area contributed by atoms with Crippen molar-refractivity contribution in [1.82, 2.24) is 4.57 Å². The van der Waals surface area contributed by atoms with E-state index in [1.165, 1.54) is 10.8 Å². The summed E-state index contributed by atoms with van der Waals surface area (Å²) >= 11 is 0. The topological polar surface area (TPSA) is 62.0 Å². The summed E-state index contributed by atoms with van der Waals surface area (Å²) in [5, 5.41) is 23.6. The van der Waals surface area contributed by atoms with Gasteiger partial charge < -0.3 is 20.1 Å². The number of hydrogen-bond acceptors (Lipinski definition) is 2. The lowest BCUT2D eigenvalue weighted by atomic mass is 10.2. The third-order valence-electron chi connectivity index (χ3n) is 4.08. The second-order valence-electron chi connectivity index (χ2n) is 5.69. The minimum atomic E-state index is -0.405. The number of hydrogen-bond donors (Lipinski definition) is 3. The molecule has 0 aliphatic carbocycles. The van der Waals surface area contributed by atoms with E-state index in [2.05, 4.69) is 46.3 Å². The summed E-state index contributed by atoms with van der Waals surface area (Å²) in [5.74, 6) is 0. The second kappa shape index (κ2) is 6.92. The van der Waals surface area contributed by atoms with Crippen molar-refractivity contribution in [2.24, 2.45) is 0 Å². The molecule has 1 aromatic heterocycles. The molecule has 4 heteroatoms. The van der Waals surface area contributed by atoms with Crippen molar-refractivity contribution in [3.63, 3.8) is 0 Å². The van der Waals surface area contributed by atoms with Crippen molar-refractivity contribution in [2.75, 3.05) is 19.7 Å². The maximum absolute atomic E-state index is 10.3.